The van der Waals surface area contributed by atoms with Gasteiger partial charge in [-0.25, -0.2) is 4.79 Å². The van der Waals surface area contributed by atoms with E-state index in [2.05, 4.69) is 33.8 Å². The number of terminal acetylenes is 1. The molecule has 6 heteroatoms. The van der Waals surface area contributed by atoms with E-state index in [1.54, 1.807) is 25.3 Å². The van der Waals surface area contributed by atoms with Gasteiger partial charge < -0.3 is 19.9 Å². The molecule has 0 saturated heterocycles. The molecule has 0 fully saturated rings. The SMILES string of the molecule is C#CCOc1c(I)cc(CNc2cccc(C(=O)O)c2)cc1OC. The van der Waals surface area contributed by atoms with Crippen LogP contribution in [-0.2, 0) is 6.54 Å². The number of nitrogens with one attached hydrogen (secondary N) is 1. The van der Waals surface area contributed by atoms with Crippen LogP contribution in [0.4, 0.5) is 5.69 Å². The van der Waals surface area contributed by atoms with Crippen LogP contribution in [0.2, 0.25) is 0 Å². The maximum absolute atomic E-state index is 11.0. The van der Waals surface area contributed by atoms with Gasteiger partial charge in [-0.1, -0.05) is 12.0 Å². The molecular weight excluding hydrogens is 421 g/mol. The van der Waals surface area contributed by atoms with E-state index in [9.17, 15) is 4.79 Å². The fraction of sp³-hybridized carbons (Fsp3) is 0.167. The van der Waals surface area contributed by atoms with Crippen LogP contribution in [0.5, 0.6) is 11.5 Å². The second kappa shape index (κ2) is 8.45. The summed E-state index contributed by atoms with van der Waals surface area (Å²) >= 11 is 2.16. The maximum Gasteiger partial charge on any atom is 0.335 e. The molecule has 0 heterocycles. The van der Waals surface area contributed by atoms with E-state index in [1.165, 1.54) is 0 Å². The van der Waals surface area contributed by atoms with Crippen molar-refractivity contribution in [2.45, 2.75) is 6.54 Å². The molecule has 0 aliphatic rings. The van der Waals surface area contributed by atoms with Crippen LogP contribution in [0.3, 0.4) is 0 Å². The molecule has 2 aromatic rings. The van der Waals surface area contributed by atoms with E-state index in [0.717, 1.165) is 14.8 Å². The minimum Gasteiger partial charge on any atom is -0.493 e. The third kappa shape index (κ3) is 4.55. The maximum atomic E-state index is 11.0. The minimum absolute atomic E-state index is 0.173. The fourth-order valence-electron chi connectivity index (χ4n) is 2.10. The molecule has 2 N–H and O–H groups in total. The number of hydrogen-bond donors (Lipinski definition) is 2. The Bertz CT molecular complexity index is 783. The van der Waals surface area contributed by atoms with Crippen LogP contribution in [0.15, 0.2) is 36.4 Å². The summed E-state index contributed by atoms with van der Waals surface area (Å²) in [7, 11) is 1.57. The number of benzene rings is 2. The minimum atomic E-state index is -0.954. The summed E-state index contributed by atoms with van der Waals surface area (Å²) in [6, 6.07) is 10.5. The topological polar surface area (TPSA) is 67.8 Å². The lowest BCUT2D eigenvalue weighted by atomic mass is 10.1. The van der Waals surface area contributed by atoms with Crippen molar-refractivity contribution in [3.63, 3.8) is 0 Å². The number of ether oxygens (including phenoxy) is 2. The van der Waals surface area contributed by atoms with E-state index in [0.29, 0.717) is 18.0 Å². The summed E-state index contributed by atoms with van der Waals surface area (Å²) in [6.45, 7) is 0.691. The Morgan fingerprint density at radius 2 is 2.17 bits per heavy atom. The summed E-state index contributed by atoms with van der Waals surface area (Å²) in [5.74, 6) is 2.70. The first-order valence-corrected chi connectivity index (χ1v) is 8.13. The first kappa shape index (κ1) is 17.9. The van der Waals surface area contributed by atoms with Gasteiger partial charge in [0.1, 0.15) is 6.61 Å². The van der Waals surface area contributed by atoms with Crippen molar-refractivity contribution in [2.24, 2.45) is 0 Å². The number of halogens is 1. The number of anilines is 1. The summed E-state index contributed by atoms with van der Waals surface area (Å²) in [4.78, 5) is 11.0. The molecule has 5 nitrogen and oxygen atoms in total. The number of carboxylic acid groups (broad SMARTS) is 1. The molecule has 0 amide bonds. The van der Waals surface area contributed by atoms with Gasteiger partial charge >= 0.3 is 5.97 Å². The van der Waals surface area contributed by atoms with Crippen LogP contribution in [-0.4, -0.2) is 24.8 Å². The van der Waals surface area contributed by atoms with Crippen LogP contribution >= 0.6 is 22.6 Å². The Morgan fingerprint density at radius 1 is 1.38 bits per heavy atom. The highest BCUT2D eigenvalue weighted by Gasteiger charge is 2.11. The molecule has 0 radical (unpaired) electrons. The predicted octanol–water partition coefficient (Wildman–Crippen LogP) is 3.62. The zero-order valence-electron chi connectivity index (χ0n) is 13.0. The van der Waals surface area contributed by atoms with Crippen molar-refractivity contribution in [2.75, 3.05) is 19.0 Å². The Hall–Kier alpha value is -2.40. The molecule has 0 atom stereocenters. The zero-order chi connectivity index (χ0) is 17.5. The summed E-state index contributed by atoms with van der Waals surface area (Å²) in [5, 5.41) is 12.2. The summed E-state index contributed by atoms with van der Waals surface area (Å²) < 4.78 is 11.8. The average Bonchev–Trinajstić information content (AvgIpc) is 2.58. The Labute approximate surface area is 154 Å². The highest BCUT2D eigenvalue weighted by Crippen LogP contribution is 2.34. The zero-order valence-corrected chi connectivity index (χ0v) is 15.2. The lowest BCUT2D eigenvalue weighted by Gasteiger charge is -2.14. The molecule has 0 aromatic heterocycles. The Morgan fingerprint density at radius 3 is 2.83 bits per heavy atom. The second-order valence-electron chi connectivity index (χ2n) is 4.84. The van der Waals surface area contributed by atoms with Crippen molar-refractivity contribution < 1.29 is 19.4 Å². The molecule has 0 aliphatic heterocycles. The lowest BCUT2D eigenvalue weighted by Crippen LogP contribution is -2.04. The van der Waals surface area contributed by atoms with Crippen molar-refractivity contribution in [3.05, 3.63) is 51.1 Å². The van der Waals surface area contributed by atoms with E-state index < -0.39 is 5.97 Å². The predicted molar refractivity (Wildman–Crippen MR) is 101 cm³/mol. The number of aromatic carboxylic acids is 1. The van der Waals surface area contributed by atoms with E-state index in [4.69, 9.17) is 21.0 Å². The number of rotatable bonds is 7. The van der Waals surface area contributed by atoms with Crippen molar-refractivity contribution in [1.82, 2.24) is 0 Å². The largest absolute Gasteiger partial charge is 0.493 e. The monoisotopic (exact) mass is 437 g/mol. The van der Waals surface area contributed by atoms with Crippen LogP contribution in [0, 0.1) is 15.9 Å². The highest BCUT2D eigenvalue weighted by atomic mass is 127. The van der Waals surface area contributed by atoms with E-state index in [1.807, 2.05) is 18.2 Å². The molecule has 2 rings (SSSR count). The third-order valence-electron chi connectivity index (χ3n) is 3.20. The normalized spacial score (nSPS) is 9.88. The first-order valence-electron chi connectivity index (χ1n) is 7.05. The number of methoxy groups -OCH3 is 1. The fourth-order valence-corrected chi connectivity index (χ4v) is 2.92. The number of carbonyl (C=O) groups is 1. The molecule has 0 saturated carbocycles. The van der Waals surface area contributed by atoms with Gasteiger partial charge in [-0.05, 0) is 58.5 Å². The molecule has 0 bridgehead atoms. The van der Waals surface area contributed by atoms with Crippen molar-refractivity contribution >= 4 is 34.2 Å². The van der Waals surface area contributed by atoms with E-state index >= 15 is 0 Å². The van der Waals surface area contributed by atoms with E-state index in [-0.39, 0.29) is 12.2 Å². The van der Waals surface area contributed by atoms with Gasteiger partial charge in [0.25, 0.3) is 0 Å². The van der Waals surface area contributed by atoms with Crippen molar-refractivity contribution in [3.8, 4) is 23.8 Å². The quantitative estimate of drug-likeness (QED) is 0.512. The smallest absolute Gasteiger partial charge is 0.335 e. The summed E-state index contributed by atoms with van der Waals surface area (Å²) in [6.07, 6.45) is 5.22. The van der Waals surface area contributed by atoms with Gasteiger partial charge in [0.05, 0.1) is 16.2 Å². The Kier molecular flexibility index (Phi) is 6.32. The number of carboxylic acids is 1. The van der Waals surface area contributed by atoms with Gasteiger partial charge in [0.15, 0.2) is 11.5 Å². The van der Waals surface area contributed by atoms with Gasteiger partial charge in [0.2, 0.25) is 0 Å². The molecule has 124 valence electrons. The molecule has 24 heavy (non-hydrogen) atoms. The van der Waals surface area contributed by atoms with Crippen LogP contribution in [0.25, 0.3) is 0 Å². The molecule has 0 aliphatic carbocycles. The van der Waals surface area contributed by atoms with Gasteiger partial charge in [0, 0.05) is 12.2 Å². The van der Waals surface area contributed by atoms with Gasteiger partial charge in [-0.15, -0.1) is 6.42 Å². The second-order valence-corrected chi connectivity index (χ2v) is 6.00. The van der Waals surface area contributed by atoms with Crippen LogP contribution in [0.1, 0.15) is 15.9 Å². The third-order valence-corrected chi connectivity index (χ3v) is 4.00. The molecule has 0 unspecified atom stereocenters. The summed E-state index contributed by atoms with van der Waals surface area (Å²) in [5.41, 5.74) is 1.95. The lowest BCUT2D eigenvalue weighted by molar-refractivity contribution is 0.0697. The van der Waals surface area contributed by atoms with Gasteiger partial charge in [-0.3, -0.25) is 0 Å². The van der Waals surface area contributed by atoms with Gasteiger partial charge in [-0.2, -0.15) is 0 Å². The molecule has 0 spiro atoms. The van der Waals surface area contributed by atoms with Crippen LogP contribution < -0.4 is 14.8 Å². The number of hydrogen-bond acceptors (Lipinski definition) is 4. The first-order chi connectivity index (χ1) is 11.5. The highest BCUT2D eigenvalue weighted by molar-refractivity contribution is 14.1. The molecule has 2 aromatic carbocycles. The molecular formula is C18H16INO4. The van der Waals surface area contributed by atoms with Crippen molar-refractivity contribution in [1.29, 1.82) is 0 Å². The standard InChI is InChI=1S/C18H16INO4/c1-3-7-24-17-15(19)8-12(9-16(17)23-2)11-20-14-6-4-5-13(10-14)18(21)22/h1,4-6,8-10,20H,7,11H2,2H3,(H,21,22). The Balaban J connectivity index is 2.15. The average molecular weight is 437 g/mol.